The van der Waals surface area contributed by atoms with Crippen LogP contribution in [0.2, 0.25) is 0 Å². The van der Waals surface area contributed by atoms with E-state index in [2.05, 4.69) is 10.6 Å². The molecule has 2 amide bonds. The summed E-state index contributed by atoms with van der Waals surface area (Å²) in [5.74, 6) is -1.88. The monoisotopic (exact) mass is 306 g/mol. The molecule has 0 saturated heterocycles. The van der Waals surface area contributed by atoms with Crippen LogP contribution in [0.15, 0.2) is 30.3 Å². The predicted octanol–water partition coefficient (Wildman–Crippen LogP) is 1.10. The van der Waals surface area contributed by atoms with Crippen molar-refractivity contribution in [1.29, 1.82) is 0 Å². The van der Waals surface area contributed by atoms with Gasteiger partial charge in [0, 0.05) is 0 Å². The minimum absolute atomic E-state index is 0.180. The quantitative estimate of drug-likeness (QED) is 0.670. The van der Waals surface area contributed by atoms with Crippen LogP contribution in [0.1, 0.15) is 32.3 Å². The van der Waals surface area contributed by atoms with Crippen LogP contribution >= 0.6 is 0 Å². The average Bonchev–Trinajstić information content (AvgIpc) is 2.46. The third-order valence-corrected chi connectivity index (χ3v) is 3.29. The number of hydrogen-bond acceptors (Lipinski definition) is 3. The minimum Gasteiger partial charge on any atom is -0.480 e. The summed E-state index contributed by atoms with van der Waals surface area (Å²) in [5, 5.41) is 14.1. The Morgan fingerprint density at radius 1 is 1.14 bits per heavy atom. The molecular formula is C16H22N2O4. The first-order valence-electron chi connectivity index (χ1n) is 7.22. The van der Waals surface area contributed by atoms with Gasteiger partial charge in [-0.3, -0.25) is 9.59 Å². The van der Waals surface area contributed by atoms with Crippen LogP contribution in [0.4, 0.5) is 0 Å². The number of carboxylic acid groups (broad SMARTS) is 1. The van der Waals surface area contributed by atoms with E-state index in [1.807, 2.05) is 37.3 Å². The second-order valence-electron chi connectivity index (χ2n) is 5.37. The maximum atomic E-state index is 11.8. The first-order chi connectivity index (χ1) is 10.4. The lowest BCUT2D eigenvalue weighted by Crippen LogP contribution is -2.54. The number of nitrogens with one attached hydrogen (secondary N) is 2. The second kappa shape index (κ2) is 8.17. The SMILES string of the molecule is CCCC(C)(NC(=O)CNC(=O)Cc1ccccc1)C(=O)O. The van der Waals surface area contributed by atoms with Gasteiger partial charge in [0.25, 0.3) is 0 Å². The molecule has 1 rings (SSSR count). The number of carbonyl (C=O) groups excluding carboxylic acids is 2. The zero-order valence-electron chi connectivity index (χ0n) is 12.9. The summed E-state index contributed by atoms with van der Waals surface area (Å²) in [6.45, 7) is 3.07. The predicted molar refractivity (Wildman–Crippen MR) is 82.2 cm³/mol. The number of carboxylic acids is 1. The van der Waals surface area contributed by atoms with Gasteiger partial charge in [-0.05, 0) is 18.9 Å². The van der Waals surface area contributed by atoms with Gasteiger partial charge in [-0.15, -0.1) is 0 Å². The molecule has 0 spiro atoms. The molecule has 6 heteroatoms. The van der Waals surface area contributed by atoms with Crippen molar-refractivity contribution in [2.45, 2.75) is 38.6 Å². The van der Waals surface area contributed by atoms with Gasteiger partial charge in [-0.1, -0.05) is 43.7 Å². The molecule has 22 heavy (non-hydrogen) atoms. The lowest BCUT2D eigenvalue weighted by molar-refractivity contribution is -0.147. The molecule has 0 fully saturated rings. The molecule has 0 aliphatic carbocycles. The van der Waals surface area contributed by atoms with Gasteiger partial charge < -0.3 is 15.7 Å². The second-order valence-corrected chi connectivity index (χ2v) is 5.37. The Morgan fingerprint density at radius 2 is 1.77 bits per heavy atom. The summed E-state index contributed by atoms with van der Waals surface area (Å²) in [6.07, 6.45) is 1.13. The van der Waals surface area contributed by atoms with E-state index in [1.54, 1.807) is 0 Å². The van der Waals surface area contributed by atoms with E-state index in [-0.39, 0.29) is 18.9 Å². The van der Waals surface area contributed by atoms with Gasteiger partial charge in [0.1, 0.15) is 5.54 Å². The molecule has 6 nitrogen and oxygen atoms in total. The highest BCUT2D eigenvalue weighted by atomic mass is 16.4. The van der Waals surface area contributed by atoms with E-state index in [9.17, 15) is 19.5 Å². The number of aliphatic carboxylic acids is 1. The summed E-state index contributed by atoms with van der Waals surface area (Å²) in [4.78, 5) is 34.8. The van der Waals surface area contributed by atoms with Crippen LogP contribution in [0.25, 0.3) is 0 Å². The molecule has 0 aliphatic heterocycles. The zero-order chi connectivity index (χ0) is 16.6. The lowest BCUT2D eigenvalue weighted by Gasteiger charge is -2.25. The molecule has 1 unspecified atom stereocenters. The molecule has 1 atom stereocenters. The fourth-order valence-corrected chi connectivity index (χ4v) is 2.10. The fourth-order valence-electron chi connectivity index (χ4n) is 2.10. The number of amides is 2. The Kier molecular flexibility index (Phi) is 6.56. The Morgan fingerprint density at radius 3 is 2.32 bits per heavy atom. The summed E-state index contributed by atoms with van der Waals surface area (Å²) >= 11 is 0. The van der Waals surface area contributed by atoms with Crippen LogP contribution in [-0.4, -0.2) is 35.0 Å². The van der Waals surface area contributed by atoms with Gasteiger partial charge in [0.05, 0.1) is 13.0 Å². The van der Waals surface area contributed by atoms with Crippen molar-refractivity contribution in [2.24, 2.45) is 0 Å². The molecule has 3 N–H and O–H groups in total. The van der Waals surface area contributed by atoms with E-state index in [1.165, 1.54) is 6.92 Å². The van der Waals surface area contributed by atoms with E-state index < -0.39 is 17.4 Å². The zero-order valence-corrected chi connectivity index (χ0v) is 12.9. The normalized spacial score (nSPS) is 13.0. The Bertz CT molecular complexity index is 530. The van der Waals surface area contributed by atoms with Gasteiger partial charge in [0.15, 0.2) is 0 Å². The van der Waals surface area contributed by atoms with Crippen molar-refractivity contribution >= 4 is 17.8 Å². The molecule has 0 bridgehead atoms. The smallest absolute Gasteiger partial charge is 0.329 e. The number of carbonyl (C=O) groups is 3. The van der Waals surface area contributed by atoms with Crippen molar-refractivity contribution in [1.82, 2.24) is 10.6 Å². The fraction of sp³-hybridized carbons (Fsp3) is 0.438. The standard InChI is InChI=1S/C16H22N2O4/c1-3-9-16(2,15(21)22)18-14(20)11-17-13(19)10-12-7-5-4-6-8-12/h4-8H,3,9-11H2,1-2H3,(H,17,19)(H,18,20)(H,21,22). The van der Waals surface area contributed by atoms with Gasteiger partial charge in [-0.2, -0.15) is 0 Å². The highest BCUT2D eigenvalue weighted by molar-refractivity contribution is 5.90. The molecule has 1 aromatic carbocycles. The van der Waals surface area contributed by atoms with Crippen molar-refractivity contribution in [3.63, 3.8) is 0 Å². The van der Waals surface area contributed by atoms with Crippen molar-refractivity contribution in [3.05, 3.63) is 35.9 Å². The highest BCUT2D eigenvalue weighted by Gasteiger charge is 2.33. The van der Waals surface area contributed by atoms with Gasteiger partial charge >= 0.3 is 5.97 Å². The molecule has 0 radical (unpaired) electrons. The summed E-state index contributed by atoms with van der Waals surface area (Å²) in [5.41, 5.74) is -0.461. The minimum atomic E-state index is -1.31. The van der Waals surface area contributed by atoms with E-state index in [0.29, 0.717) is 12.8 Å². The molecule has 0 aliphatic rings. The molecule has 1 aromatic rings. The molecule has 0 aromatic heterocycles. The lowest BCUT2D eigenvalue weighted by atomic mass is 9.96. The maximum Gasteiger partial charge on any atom is 0.329 e. The first-order valence-corrected chi connectivity index (χ1v) is 7.22. The van der Waals surface area contributed by atoms with Gasteiger partial charge in [-0.25, -0.2) is 4.79 Å². The Labute approximate surface area is 129 Å². The first kappa shape index (κ1) is 17.7. The Hall–Kier alpha value is -2.37. The van der Waals surface area contributed by atoms with Crippen molar-refractivity contribution < 1.29 is 19.5 Å². The Balaban J connectivity index is 2.45. The number of rotatable bonds is 8. The van der Waals surface area contributed by atoms with Crippen molar-refractivity contribution in [3.8, 4) is 0 Å². The molecule has 0 saturated carbocycles. The van der Waals surface area contributed by atoms with Gasteiger partial charge in [0.2, 0.25) is 11.8 Å². The molecule has 120 valence electrons. The van der Waals surface area contributed by atoms with E-state index in [0.717, 1.165) is 5.56 Å². The largest absolute Gasteiger partial charge is 0.480 e. The average molecular weight is 306 g/mol. The van der Waals surface area contributed by atoms with Crippen LogP contribution in [-0.2, 0) is 20.8 Å². The number of hydrogen-bond donors (Lipinski definition) is 3. The van der Waals surface area contributed by atoms with Crippen LogP contribution in [0.3, 0.4) is 0 Å². The summed E-state index contributed by atoms with van der Waals surface area (Å²) < 4.78 is 0. The highest BCUT2D eigenvalue weighted by Crippen LogP contribution is 2.12. The van der Waals surface area contributed by atoms with Crippen LogP contribution in [0, 0.1) is 0 Å². The third-order valence-electron chi connectivity index (χ3n) is 3.29. The molecular weight excluding hydrogens is 284 g/mol. The summed E-state index contributed by atoms with van der Waals surface area (Å²) in [6, 6.07) is 9.16. The maximum absolute atomic E-state index is 11.8. The topological polar surface area (TPSA) is 95.5 Å². The van der Waals surface area contributed by atoms with Crippen molar-refractivity contribution in [2.75, 3.05) is 6.54 Å². The summed E-state index contributed by atoms with van der Waals surface area (Å²) in [7, 11) is 0. The van der Waals surface area contributed by atoms with E-state index >= 15 is 0 Å². The number of benzene rings is 1. The van der Waals surface area contributed by atoms with Crippen LogP contribution in [0.5, 0.6) is 0 Å². The van der Waals surface area contributed by atoms with E-state index in [4.69, 9.17) is 0 Å². The third kappa shape index (κ3) is 5.55. The van der Waals surface area contributed by atoms with Crippen LogP contribution < -0.4 is 10.6 Å². The molecule has 0 heterocycles.